The lowest BCUT2D eigenvalue weighted by Gasteiger charge is -2.34. The first-order valence-electron chi connectivity index (χ1n) is 6.74. The Kier molecular flexibility index (Phi) is 6.82. The first kappa shape index (κ1) is 19.4. The molecule has 0 amide bonds. The molecule has 6 nitrogen and oxygen atoms in total. The highest BCUT2D eigenvalue weighted by atomic mass is 35.5. The fourth-order valence-corrected chi connectivity index (χ4v) is 4.84. The summed E-state index contributed by atoms with van der Waals surface area (Å²) in [4.78, 5) is 11.7. The van der Waals surface area contributed by atoms with Crippen molar-refractivity contribution in [3.8, 4) is 0 Å². The van der Waals surface area contributed by atoms with Crippen molar-refractivity contribution in [3.05, 3.63) is 16.3 Å². The van der Waals surface area contributed by atoms with Crippen LogP contribution in [0.15, 0.2) is 16.3 Å². The van der Waals surface area contributed by atoms with Crippen LogP contribution in [0.5, 0.6) is 0 Å². The van der Waals surface area contributed by atoms with Crippen molar-refractivity contribution < 1.29 is 17.9 Å². The Morgan fingerprint density at radius 1 is 1.45 bits per heavy atom. The predicted octanol–water partition coefficient (Wildman–Crippen LogP) is 1.62. The zero-order valence-corrected chi connectivity index (χ0v) is 15.0. The highest BCUT2D eigenvalue weighted by Crippen LogP contribution is 2.28. The normalized spacial score (nSPS) is 17.5. The van der Waals surface area contributed by atoms with E-state index in [1.54, 1.807) is 5.38 Å². The molecule has 0 unspecified atom stereocenters. The van der Waals surface area contributed by atoms with Gasteiger partial charge in [0.1, 0.15) is 9.77 Å². The van der Waals surface area contributed by atoms with Crippen LogP contribution in [0.4, 0.5) is 0 Å². The molecule has 0 spiro atoms. The molecule has 0 saturated carbocycles. The van der Waals surface area contributed by atoms with Crippen molar-refractivity contribution in [1.82, 2.24) is 10.0 Å². The second-order valence-electron chi connectivity index (χ2n) is 5.49. The summed E-state index contributed by atoms with van der Waals surface area (Å²) < 4.78 is 32.0. The average molecular weight is 369 g/mol. The molecule has 126 valence electrons. The van der Waals surface area contributed by atoms with Crippen LogP contribution in [0, 0.1) is 5.41 Å². The number of nitrogens with one attached hydrogen (secondary N) is 2. The van der Waals surface area contributed by atoms with E-state index in [1.807, 2.05) is 0 Å². The van der Waals surface area contributed by atoms with Crippen LogP contribution in [0.3, 0.4) is 0 Å². The summed E-state index contributed by atoms with van der Waals surface area (Å²) in [5.74, 6) is -0.626. The van der Waals surface area contributed by atoms with Gasteiger partial charge >= 0.3 is 5.97 Å². The number of ether oxygens (including phenoxy) is 1. The van der Waals surface area contributed by atoms with Gasteiger partial charge in [0.15, 0.2) is 0 Å². The van der Waals surface area contributed by atoms with E-state index >= 15 is 0 Å². The lowest BCUT2D eigenvalue weighted by Crippen LogP contribution is -2.42. The summed E-state index contributed by atoms with van der Waals surface area (Å²) in [5.41, 5.74) is -0.0558. The van der Waals surface area contributed by atoms with E-state index < -0.39 is 16.0 Å². The van der Waals surface area contributed by atoms with Gasteiger partial charge in [0, 0.05) is 6.54 Å². The molecule has 0 radical (unpaired) electrons. The fourth-order valence-electron chi connectivity index (χ4n) is 2.30. The second kappa shape index (κ2) is 7.74. The van der Waals surface area contributed by atoms with Crippen LogP contribution in [-0.4, -0.2) is 41.1 Å². The quantitative estimate of drug-likeness (QED) is 0.771. The molecule has 22 heavy (non-hydrogen) atoms. The molecule has 0 bridgehead atoms. The number of piperidine rings is 1. The van der Waals surface area contributed by atoms with Crippen LogP contribution >= 0.6 is 23.7 Å². The molecule has 1 aliphatic heterocycles. The van der Waals surface area contributed by atoms with E-state index in [2.05, 4.69) is 21.7 Å². The third-order valence-electron chi connectivity index (χ3n) is 3.79. The number of hydrogen-bond donors (Lipinski definition) is 2. The fraction of sp³-hybridized carbons (Fsp3) is 0.615. The van der Waals surface area contributed by atoms with Crippen molar-refractivity contribution in [3.63, 3.8) is 0 Å². The molecule has 1 saturated heterocycles. The van der Waals surface area contributed by atoms with Crippen molar-refractivity contribution in [2.75, 3.05) is 26.7 Å². The highest BCUT2D eigenvalue weighted by molar-refractivity contribution is 7.89. The van der Waals surface area contributed by atoms with Crippen molar-refractivity contribution in [2.45, 2.75) is 24.7 Å². The Bertz CT molecular complexity index is 609. The summed E-state index contributed by atoms with van der Waals surface area (Å²) in [6.45, 7) is 4.23. The largest absolute Gasteiger partial charge is 0.465 e. The number of hydrogen-bond acceptors (Lipinski definition) is 6. The lowest BCUT2D eigenvalue weighted by molar-refractivity contribution is 0.0602. The van der Waals surface area contributed by atoms with E-state index in [0.717, 1.165) is 37.3 Å². The number of thiophene rings is 1. The van der Waals surface area contributed by atoms with E-state index in [-0.39, 0.29) is 27.6 Å². The third kappa shape index (κ3) is 4.42. The van der Waals surface area contributed by atoms with Gasteiger partial charge in [0.2, 0.25) is 10.0 Å². The Morgan fingerprint density at radius 2 is 2.09 bits per heavy atom. The molecule has 2 heterocycles. The van der Waals surface area contributed by atoms with E-state index in [4.69, 9.17) is 0 Å². The Morgan fingerprint density at radius 3 is 2.68 bits per heavy atom. The van der Waals surface area contributed by atoms with Crippen LogP contribution < -0.4 is 10.0 Å². The van der Waals surface area contributed by atoms with Crippen molar-refractivity contribution in [1.29, 1.82) is 0 Å². The molecule has 1 aliphatic rings. The molecule has 2 N–H and O–H groups in total. The molecule has 1 aromatic rings. The first-order valence-corrected chi connectivity index (χ1v) is 9.10. The monoisotopic (exact) mass is 368 g/mol. The summed E-state index contributed by atoms with van der Waals surface area (Å²) in [5, 5.41) is 4.84. The van der Waals surface area contributed by atoms with Gasteiger partial charge in [-0.3, -0.25) is 0 Å². The smallest absolute Gasteiger partial charge is 0.349 e. The minimum Gasteiger partial charge on any atom is -0.465 e. The number of halogens is 1. The van der Waals surface area contributed by atoms with Crippen LogP contribution in [0.1, 0.15) is 29.4 Å². The Balaban J connectivity index is 0.00000242. The van der Waals surface area contributed by atoms with Crippen LogP contribution in [0.25, 0.3) is 0 Å². The Labute approximate surface area is 141 Å². The van der Waals surface area contributed by atoms with E-state index in [0.29, 0.717) is 6.54 Å². The van der Waals surface area contributed by atoms with E-state index in [9.17, 15) is 13.2 Å². The predicted molar refractivity (Wildman–Crippen MR) is 88.3 cm³/mol. The van der Waals surface area contributed by atoms with Gasteiger partial charge in [-0.05, 0) is 42.8 Å². The standard InChI is InChI=1S/C13H20N2O4S2.ClH/c1-13(4-6-14-7-5-13)9-15-21(17,18)10-3-8-20-11(10)12(16)19-2;/h3,8,14-15H,4-7,9H2,1-2H3;1H. The molecule has 0 aromatic carbocycles. The van der Waals surface area contributed by atoms with Gasteiger partial charge < -0.3 is 10.1 Å². The lowest BCUT2D eigenvalue weighted by atomic mass is 9.81. The maximum atomic E-state index is 12.4. The Hall–Kier alpha value is -0.670. The average Bonchev–Trinajstić information content (AvgIpc) is 2.96. The molecule has 0 atom stereocenters. The van der Waals surface area contributed by atoms with Gasteiger partial charge in [-0.1, -0.05) is 6.92 Å². The SMILES string of the molecule is COC(=O)c1sccc1S(=O)(=O)NCC1(C)CCNCC1.Cl. The molecular formula is C13H21ClN2O4S2. The minimum absolute atomic E-state index is 0. The molecule has 1 fully saturated rings. The topological polar surface area (TPSA) is 84.5 Å². The molecule has 9 heteroatoms. The zero-order valence-electron chi connectivity index (χ0n) is 12.5. The number of rotatable bonds is 5. The highest BCUT2D eigenvalue weighted by Gasteiger charge is 2.30. The molecule has 0 aliphatic carbocycles. The van der Waals surface area contributed by atoms with E-state index in [1.165, 1.54) is 13.2 Å². The minimum atomic E-state index is -3.70. The molecule has 2 rings (SSSR count). The van der Waals surface area contributed by atoms with Gasteiger partial charge in [-0.15, -0.1) is 23.7 Å². The second-order valence-corrected chi connectivity index (χ2v) is 8.14. The maximum absolute atomic E-state index is 12.4. The summed E-state index contributed by atoms with van der Waals surface area (Å²) in [7, 11) is -2.46. The van der Waals surface area contributed by atoms with Gasteiger partial charge in [-0.25, -0.2) is 17.9 Å². The first-order chi connectivity index (χ1) is 9.88. The number of esters is 1. The number of methoxy groups -OCH3 is 1. The van der Waals surface area contributed by atoms with Crippen LogP contribution in [0.2, 0.25) is 0 Å². The number of carbonyl (C=O) groups excluding carboxylic acids is 1. The van der Waals surface area contributed by atoms with Gasteiger partial charge in [0.05, 0.1) is 7.11 Å². The maximum Gasteiger partial charge on any atom is 0.349 e. The van der Waals surface area contributed by atoms with Crippen molar-refractivity contribution in [2.24, 2.45) is 5.41 Å². The molecule has 1 aromatic heterocycles. The summed E-state index contributed by atoms with van der Waals surface area (Å²) in [6.07, 6.45) is 1.84. The number of carbonyl (C=O) groups is 1. The summed E-state index contributed by atoms with van der Waals surface area (Å²) >= 11 is 1.07. The van der Waals surface area contributed by atoms with Gasteiger partial charge in [-0.2, -0.15) is 0 Å². The third-order valence-corrected chi connectivity index (χ3v) is 6.26. The van der Waals surface area contributed by atoms with Gasteiger partial charge in [0.25, 0.3) is 0 Å². The molecular weight excluding hydrogens is 348 g/mol. The van der Waals surface area contributed by atoms with Crippen LogP contribution in [-0.2, 0) is 14.8 Å². The number of sulfonamides is 1. The summed E-state index contributed by atoms with van der Waals surface area (Å²) in [6, 6.07) is 1.43. The van der Waals surface area contributed by atoms with Crippen molar-refractivity contribution >= 4 is 39.7 Å². The zero-order chi connectivity index (χ0) is 15.5.